The molecule has 0 aliphatic heterocycles. The van der Waals surface area contributed by atoms with Gasteiger partial charge >= 0.3 is 7.12 Å². The Balaban J connectivity index is 2.43. The van der Waals surface area contributed by atoms with Crippen molar-refractivity contribution in [2.75, 3.05) is 0 Å². The van der Waals surface area contributed by atoms with Gasteiger partial charge < -0.3 is 14.5 Å². The Morgan fingerprint density at radius 3 is 2.79 bits per heavy atom. The smallest absolute Gasteiger partial charge is 0.463 e. The average molecular weight is 192 g/mol. The number of rotatable bonds is 2. The minimum Gasteiger partial charge on any atom is -0.463 e. The monoisotopic (exact) mass is 192 g/mol. The molecule has 0 fully saturated rings. The molecule has 0 spiro atoms. The van der Waals surface area contributed by atoms with Gasteiger partial charge in [-0.2, -0.15) is 5.10 Å². The Bertz CT molecular complexity index is 422. The van der Waals surface area contributed by atoms with Gasteiger partial charge in [-0.15, -0.1) is 0 Å². The van der Waals surface area contributed by atoms with Crippen molar-refractivity contribution in [1.82, 2.24) is 9.78 Å². The van der Waals surface area contributed by atoms with E-state index in [1.54, 1.807) is 31.5 Å². The van der Waals surface area contributed by atoms with E-state index >= 15 is 0 Å². The van der Waals surface area contributed by atoms with Crippen LogP contribution in [0.5, 0.6) is 0 Å². The summed E-state index contributed by atoms with van der Waals surface area (Å²) in [4.78, 5) is 0. The first-order chi connectivity index (χ1) is 6.68. The number of aromatic nitrogens is 2. The van der Waals surface area contributed by atoms with Crippen molar-refractivity contribution in [3.8, 4) is 11.5 Å². The second-order valence-electron chi connectivity index (χ2n) is 2.93. The van der Waals surface area contributed by atoms with Crippen LogP contribution in [-0.4, -0.2) is 26.9 Å². The van der Waals surface area contributed by atoms with Gasteiger partial charge in [-0.05, 0) is 18.2 Å². The molecule has 0 aliphatic carbocycles. The fourth-order valence-electron chi connectivity index (χ4n) is 1.27. The second kappa shape index (κ2) is 3.32. The van der Waals surface area contributed by atoms with Gasteiger partial charge in [-0.25, -0.2) is 0 Å². The summed E-state index contributed by atoms with van der Waals surface area (Å²) in [6.07, 6.45) is 1.54. The third-order valence-electron chi connectivity index (χ3n) is 1.95. The molecule has 0 amide bonds. The van der Waals surface area contributed by atoms with E-state index in [9.17, 15) is 0 Å². The zero-order chi connectivity index (χ0) is 10.1. The summed E-state index contributed by atoms with van der Waals surface area (Å²) in [7, 11) is 0.123. The van der Waals surface area contributed by atoms with Gasteiger partial charge in [0.25, 0.3) is 0 Å². The summed E-state index contributed by atoms with van der Waals surface area (Å²) in [5.41, 5.74) is 0.914. The fourth-order valence-corrected chi connectivity index (χ4v) is 1.27. The molecule has 0 saturated heterocycles. The third-order valence-corrected chi connectivity index (χ3v) is 1.95. The van der Waals surface area contributed by atoms with E-state index in [4.69, 9.17) is 14.5 Å². The molecule has 0 saturated carbocycles. The summed E-state index contributed by atoms with van der Waals surface area (Å²) >= 11 is 0. The first-order valence-corrected chi connectivity index (χ1v) is 4.12. The quantitative estimate of drug-likeness (QED) is 0.620. The maximum Gasteiger partial charge on any atom is 0.507 e. The van der Waals surface area contributed by atoms with Gasteiger partial charge in [-0.1, -0.05) is 0 Å². The predicted octanol–water partition coefficient (Wildman–Crippen LogP) is -0.640. The van der Waals surface area contributed by atoms with Gasteiger partial charge in [0.15, 0.2) is 5.76 Å². The Morgan fingerprint density at radius 1 is 1.50 bits per heavy atom. The molecule has 0 radical (unpaired) electrons. The molecule has 0 aromatic carbocycles. The minimum atomic E-state index is -1.52. The lowest BCUT2D eigenvalue weighted by molar-refractivity contribution is 0.421. The Morgan fingerprint density at radius 2 is 2.29 bits per heavy atom. The largest absolute Gasteiger partial charge is 0.507 e. The van der Waals surface area contributed by atoms with Crippen molar-refractivity contribution in [1.29, 1.82) is 0 Å². The summed E-state index contributed by atoms with van der Waals surface area (Å²) in [6.45, 7) is 0. The van der Waals surface area contributed by atoms with Crippen LogP contribution >= 0.6 is 0 Å². The number of furan rings is 1. The molecule has 0 bridgehead atoms. The molecule has 2 aromatic rings. The second-order valence-corrected chi connectivity index (χ2v) is 2.93. The van der Waals surface area contributed by atoms with E-state index in [1.807, 2.05) is 0 Å². The highest BCUT2D eigenvalue weighted by molar-refractivity contribution is 6.57. The zero-order valence-corrected chi connectivity index (χ0v) is 7.58. The van der Waals surface area contributed by atoms with Crippen LogP contribution in [0.3, 0.4) is 0 Å². The first kappa shape index (κ1) is 9.05. The van der Waals surface area contributed by atoms with E-state index < -0.39 is 7.12 Å². The van der Waals surface area contributed by atoms with Crippen molar-refractivity contribution in [2.24, 2.45) is 7.05 Å². The Kier molecular flexibility index (Phi) is 2.15. The standard InChI is InChI=1S/C8H9BN2O3/c1-11-8(9(12)13)5-6(10-11)7-3-2-4-14-7/h2-5,12-13H,1H3. The molecule has 2 heterocycles. The van der Waals surface area contributed by atoms with Gasteiger partial charge in [0.1, 0.15) is 5.69 Å². The summed E-state index contributed by atoms with van der Waals surface area (Å²) in [5.74, 6) is 0.604. The highest BCUT2D eigenvalue weighted by atomic mass is 16.4. The van der Waals surface area contributed by atoms with Crippen LogP contribution in [0.1, 0.15) is 0 Å². The van der Waals surface area contributed by atoms with Crippen molar-refractivity contribution >= 4 is 12.7 Å². The summed E-state index contributed by atoms with van der Waals surface area (Å²) in [5, 5.41) is 22.0. The Labute approximate surface area is 80.7 Å². The van der Waals surface area contributed by atoms with Crippen molar-refractivity contribution in [3.05, 3.63) is 24.5 Å². The van der Waals surface area contributed by atoms with Gasteiger partial charge in [-0.3, -0.25) is 4.68 Å². The SMILES string of the molecule is Cn1nc(-c2ccco2)cc1B(O)O. The van der Waals surface area contributed by atoms with Gasteiger partial charge in [0.2, 0.25) is 0 Å². The molecule has 0 aliphatic rings. The highest BCUT2D eigenvalue weighted by Gasteiger charge is 2.18. The van der Waals surface area contributed by atoms with Crippen LogP contribution in [-0.2, 0) is 7.05 Å². The molecule has 0 atom stereocenters. The van der Waals surface area contributed by atoms with Crippen molar-refractivity contribution < 1.29 is 14.5 Å². The molecular weight excluding hydrogens is 183 g/mol. The van der Waals surface area contributed by atoms with Crippen LogP contribution < -0.4 is 5.59 Å². The molecule has 2 aromatic heterocycles. The van der Waals surface area contributed by atoms with Crippen LogP contribution in [0.15, 0.2) is 28.9 Å². The van der Waals surface area contributed by atoms with Crippen LogP contribution in [0.2, 0.25) is 0 Å². The minimum absolute atomic E-state index is 0.330. The number of nitrogens with zero attached hydrogens (tertiary/aromatic N) is 2. The maximum atomic E-state index is 8.98. The van der Waals surface area contributed by atoms with E-state index in [2.05, 4.69) is 5.10 Å². The maximum absolute atomic E-state index is 8.98. The Hall–Kier alpha value is -1.53. The van der Waals surface area contributed by atoms with Crippen LogP contribution in [0, 0.1) is 0 Å². The predicted molar refractivity (Wildman–Crippen MR) is 50.7 cm³/mol. The normalized spacial score (nSPS) is 10.5. The lowest BCUT2D eigenvalue weighted by Gasteiger charge is -1.96. The van der Waals surface area contributed by atoms with Crippen molar-refractivity contribution in [3.63, 3.8) is 0 Å². The van der Waals surface area contributed by atoms with Crippen molar-refractivity contribution in [2.45, 2.75) is 0 Å². The van der Waals surface area contributed by atoms with Gasteiger partial charge in [0.05, 0.1) is 11.9 Å². The lowest BCUT2D eigenvalue weighted by atomic mass is 9.86. The molecule has 5 nitrogen and oxygen atoms in total. The summed E-state index contributed by atoms with van der Waals surface area (Å²) < 4.78 is 6.53. The van der Waals surface area contributed by atoms with Crippen LogP contribution in [0.4, 0.5) is 0 Å². The summed E-state index contributed by atoms with van der Waals surface area (Å²) in [6, 6.07) is 5.08. The van der Waals surface area contributed by atoms with Crippen LogP contribution in [0.25, 0.3) is 11.5 Å². The van der Waals surface area contributed by atoms with E-state index in [0.29, 0.717) is 17.0 Å². The number of aryl methyl sites for hydroxylation is 1. The average Bonchev–Trinajstić information content (AvgIpc) is 2.70. The number of hydrogen-bond donors (Lipinski definition) is 2. The van der Waals surface area contributed by atoms with E-state index in [1.165, 1.54) is 4.68 Å². The topological polar surface area (TPSA) is 71.4 Å². The molecule has 6 heteroatoms. The highest BCUT2D eigenvalue weighted by Crippen LogP contribution is 2.15. The molecule has 14 heavy (non-hydrogen) atoms. The molecule has 2 N–H and O–H groups in total. The van der Waals surface area contributed by atoms with Gasteiger partial charge in [0, 0.05) is 7.05 Å². The fraction of sp³-hybridized carbons (Fsp3) is 0.125. The van der Waals surface area contributed by atoms with E-state index in [-0.39, 0.29) is 0 Å². The molecule has 0 unspecified atom stereocenters. The number of hydrogen-bond acceptors (Lipinski definition) is 4. The lowest BCUT2D eigenvalue weighted by Crippen LogP contribution is -2.35. The van der Waals surface area contributed by atoms with E-state index in [0.717, 1.165) is 0 Å². The third kappa shape index (κ3) is 1.45. The molecule has 2 rings (SSSR count). The zero-order valence-electron chi connectivity index (χ0n) is 7.58. The molecule has 72 valence electrons. The molecular formula is C8H9BN2O3. The first-order valence-electron chi connectivity index (χ1n) is 4.12.